The van der Waals surface area contributed by atoms with Crippen LogP contribution in [0.15, 0.2) is 42.6 Å². The molecular formula is C16H12N2O5. The lowest BCUT2D eigenvalue weighted by molar-refractivity contribution is -0.167. The zero-order chi connectivity index (χ0) is 16.4. The SMILES string of the molecule is COc1ccc(CC(=O)ON2C(=O)c3ccccc3C2=O)nc1. The molecule has 23 heavy (non-hydrogen) atoms. The molecule has 0 spiro atoms. The number of hydroxylamine groups is 2. The summed E-state index contributed by atoms with van der Waals surface area (Å²) in [5, 5.41) is 0.483. The summed E-state index contributed by atoms with van der Waals surface area (Å²) in [5.41, 5.74) is 0.869. The zero-order valence-electron chi connectivity index (χ0n) is 12.2. The van der Waals surface area contributed by atoms with Crippen LogP contribution in [0.5, 0.6) is 5.75 Å². The molecule has 1 aromatic heterocycles. The van der Waals surface area contributed by atoms with E-state index in [1.54, 1.807) is 24.3 Å². The second kappa shape index (κ2) is 5.88. The number of benzene rings is 1. The predicted octanol–water partition coefficient (Wildman–Crippen LogP) is 1.39. The molecule has 1 aliphatic rings. The van der Waals surface area contributed by atoms with Crippen molar-refractivity contribution in [2.24, 2.45) is 0 Å². The third-order valence-electron chi connectivity index (χ3n) is 3.31. The maximum Gasteiger partial charge on any atom is 0.339 e. The Bertz CT molecular complexity index is 750. The minimum absolute atomic E-state index is 0.169. The van der Waals surface area contributed by atoms with E-state index in [4.69, 9.17) is 9.57 Å². The standard InChI is InChI=1S/C16H12N2O5/c1-22-11-7-6-10(17-9-11)8-14(19)23-18-15(20)12-4-2-3-5-13(12)16(18)21/h2-7,9H,8H2,1H3. The van der Waals surface area contributed by atoms with E-state index in [0.717, 1.165) is 0 Å². The van der Waals surface area contributed by atoms with Gasteiger partial charge in [0.25, 0.3) is 11.8 Å². The van der Waals surface area contributed by atoms with Gasteiger partial charge >= 0.3 is 5.97 Å². The second-order valence-electron chi connectivity index (χ2n) is 4.78. The van der Waals surface area contributed by atoms with E-state index in [9.17, 15) is 14.4 Å². The number of carbonyl (C=O) groups excluding carboxylic acids is 3. The monoisotopic (exact) mass is 312 g/mol. The minimum Gasteiger partial charge on any atom is -0.495 e. The summed E-state index contributed by atoms with van der Waals surface area (Å²) < 4.78 is 4.97. The topological polar surface area (TPSA) is 85.8 Å². The summed E-state index contributed by atoms with van der Waals surface area (Å²) in [6, 6.07) is 9.54. The van der Waals surface area contributed by atoms with Crippen LogP contribution in [0, 0.1) is 0 Å². The van der Waals surface area contributed by atoms with E-state index < -0.39 is 17.8 Å². The van der Waals surface area contributed by atoms with Gasteiger partial charge in [0, 0.05) is 0 Å². The van der Waals surface area contributed by atoms with Crippen LogP contribution in [0.1, 0.15) is 26.4 Å². The maximum atomic E-state index is 12.1. The number of hydrogen-bond donors (Lipinski definition) is 0. The molecule has 0 N–H and O–H groups in total. The molecule has 3 rings (SSSR count). The molecule has 0 bridgehead atoms. The lowest BCUT2D eigenvalue weighted by Crippen LogP contribution is -2.33. The number of methoxy groups -OCH3 is 1. The first-order valence-electron chi connectivity index (χ1n) is 6.77. The highest BCUT2D eigenvalue weighted by molar-refractivity contribution is 6.20. The van der Waals surface area contributed by atoms with Crippen molar-refractivity contribution in [1.29, 1.82) is 0 Å². The van der Waals surface area contributed by atoms with Crippen LogP contribution in [-0.2, 0) is 16.1 Å². The van der Waals surface area contributed by atoms with Gasteiger partial charge in [0.2, 0.25) is 0 Å². The predicted molar refractivity (Wildman–Crippen MR) is 77.5 cm³/mol. The summed E-state index contributed by atoms with van der Waals surface area (Å²) in [7, 11) is 1.51. The lowest BCUT2D eigenvalue weighted by atomic mass is 10.1. The van der Waals surface area contributed by atoms with Crippen molar-refractivity contribution in [1.82, 2.24) is 10.0 Å². The van der Waals surface area contributed by atoms with Crippen molar-refractivity contribution in [3.63, 3.8) is 0 Å². The molecule has 0 radical (unpaired) electrons. The van der Waals surface area contributed by atoms with Crippen LogP contribution >= 0.6 is 0 Å². The second-order valence-corrected chi connectivity index (χ2v) is 4.78. The Kier molecular flexibility index (Phi) is 3.76. The van der Waals surface area contributed by atoms with E-state index >= 15 is 0 Å². The van der Waals surface area contributed by atoms with Crippen molar-refractivity contribution in [2.45, 2.75) is 6.42 Å². The van der Waals surface area contributed by atoms with E-state index in [2.05, 4.69) is 4.98 Å². The number of imide groups is 1. The average molecular weight is 312 g/mol. The molecule has 7 nitrogen and oxygen atoms in total. The third-order valence-corrected chi connectivity index (χ3v) is 3.31. The molecule has 0 saturated carbocycles. The van der Waals surface area contributed by atoms with Crippen LogP contribution in [0.2, 0.25) is 0 Å². The van der Waals surface area contributed by atoms with E-state index in [1.165, 1.54) is 25.4 Å². The van der Waals surface area contributed by atoms with Gasteiger partial charge < -0.3 is 9.57 Å². The summed E-state index contributed by atoms with van der Waals surface area (Å²) >= 11 is 0. The Morgan fingerprint density at radius 1 is 1.09 bits per heavy atom. The van der Waals surface area contributed by atoms with Crippen LogP contribution in [0.4, 0.5) is 0 Å². The number of hydrogen-bond acceptors (Lipinski definition) is 6. The third kappa shape index (κ3) is 2.76. The van der Waals surface area contributed by atoms with Gasteiger partial charge in [0.15, 0.2) is 0 Å². The molecule has 0 saturated heterocycles. The highest BCUT2D eigenvalue weighted by atomic mass is 16.7. The molecule has 0 atom stereocenters. The van der Waals surface area contributed by atoms with Crippen LogP contribution in [-0.4, -0.2) is 34.9 Å². The fraction of sp³-hybridized carbons (Fsp3) is 0.125. The van der Waals surface area contributed by atoms with Crippen molar-refractivity contribution in [2.75, 3.05) is 7.11 Å². The number of ether oxygens (including phenoxy) is 1. The first-order valence-corrected chi connectivity index (χ1v) is 6.77. The van der Waals surface area contributed by atoms with E-state index in [-0.39, 0.29) is 17.5 Å². The number of aromatic nitrogens is 1. The molecule has 1 aliphatic heterocycles. The van der Waals surface area contributed by atoms with Crippen LogP contribution in [0.25, 0.3) is 0 Å². The molecule has 2 amide bonds. The number of amides is 2. The number of pyridine rings is 1. The van der Waals surface area contributed by atoms with Gasteiger partial charge in [-0.1, -0.05) is 17.2 Å². The molecule has 1 aromatic carbocycles. The first-order chi connectivity index (χ1) is 11.1. The highest BCUT2D eigenvalue weighted by Crippen LogP contribution is 2.22. The van der Waals surface area contributed by atoms with Gasteiger partial charge in [-0.05, 0) is 24.3 Å². The Morgan fingerprint density at radius 3 is 2.26 bits per heavy atom. The molecule has 2 heterocycles. The minimum atomic E-state index is -0.753. The Hall–Kier alpha value is -3.22. The Balaban J connectivity index is 1.69. The summed E-state index contributed by atoms with van der Waals surface area (Å²) in [5.74, 6) is -1.50. The van der Waals surface area contributed by atoms with Gasteiger partial charge in [0.05, 0.1) is 36.5 Å². The Labute approximate surface area is 131 Å². The fourth-order valence-electron chi connectivity index (χ4n) is 2.17. The largest absolute Gasteiger partial charge is 0.495 e. The number of rotatable bonds is 4. The van der Waals surface area contributed by atoms with Crippen molar-refractivity contribution < 1.29 is 24.0 Å². The van der Waals surface area contributed by atoms with Crippen molar-refractivity contribution in [3.05, 3.63) is 59.4 Å². The maximum absolute atomic E-state index is 12.1. The van der Waals surface area contributed by atoms with Gasteiger partial charge in [-0.3, -0.25) is 14.6 Å². The van der Waals surface area contributed by atoms with Gasteiger partial charge in [-0.25, -0.2) is 4.79 Å². The first kappa shape index (κ1) is 14.7. The van der Waals surface area contributed by atoms with Crippen LogP contribution in [0.3, 0.4) is 0 Å². The normalized spacial score (nSPS) is 13.0. The van der Waals surface area contributed by atoms with E-state index in [0.29, 0.717) is 16.5 Å². The molecular weight excluding hydrogens is 300 g/mol. The summed E-state index contributed by atoms with van der Waals surface area (Å²) in [6.07, 6.45) is 1.29. The fourth-order valence-corrected chi connectivity index (χ4v) is 2.17. The molecule has 2 aromatic rings. The van der Waals surface area contributed by atoms with E-state index in [1.807, 2.05) is 0 Å². The van der Waals surface area contributed by atoms with Crippen molar-refractivity contribution >= 4 is 17.8 Å². The van der Waals surface area contributed by atoms with Crippen LogP contribution < -0.4 is 4.74 Å². The summed E-state index contributed by atoms with van der Waals surface area (Å²) in [6.45, 7) is 0. The van der Waals surface area contributed by atoms with Gasteiger partial charge in [0.1, 0.15) is 5.75 Å². The Morgan fingerprint density at radius 2 is 1.74 bits per heavy atom. The van der Waals surface area contributed by atoms with Gasteiger partial charge in [-0.15, -0.1) is 0 Å². The summed E-state index contributed by atoms with van der Waals surface area (Å²) in [4.78, 5) is 45.0. The highest BCUT2D eigenvalue weighted by Gasteiger charge is 2.38. The molecule has 0 fully saturated rings. The molecule has 116 valence electrons. The number of fused-ring (bicyclic) bond motifs is 1. The molecule has 0 aliphatic carbocycles. The van der Waals surface area contributed by atoms with Crippen molar-refractivity contribution in [3.8, 4) is 5.75 Å². The molecule has 7 heteroatoms. The average Bonchev–Trinajstić information content (AvgIpc) is 2.81. The quantitative estimate of drug-likeness (QED) is 0.793. The number of nitrogens with zero attached hydrogens (tertiary/aromatic N) is 2. The van der Waals surface area contributed by atoms with Gasteiger partial charge in [-0.2, -0.15) is 0 Å². The molecule has 0 unspecified atom stereocenters. The zero-order valence-corrected chi connectivity index (χ0v) is 12.2. The number of carbonyl (C=O) groups is 3. The lowest BCUT2D eigenvalue weighted by Gasteiger charge is -2.12. The smallest absolute Gasteiger partial charge is 0.339 e.